The van der Waals surface area contributed by atoms with Gasteiger partial charge in [0.15, 0.2) is 0 Å². The Morgan fingerprint density at radius 1 is 1.12 bits per heavy atom. The predicted octanol–water partition coefficient (Wildman–Crippen LogP) is 3.47. The molecule has 1 amide bonds. The third-order valence-electron chi connectivity index (χ3n) is 4.62. The van der Waals surface area contributed by atoms with E-state index < -0.39 is 0 Å². The smallest absolute Gasteiger partial charge is 0.253 e. The summed E-state index contributed by atoms with van der Waals surface area (Å²) < 4.78 is 7.92. The van der Waals surface area contributed by atoms with E-state index in [9.17, 15) is 4.79 Å². The summed E-state index contributed by atoms with van der Waals surface area (Å²) in [5, 5.41) is 0. The summed E-state index contributed by atoms with van der Waals surface area (Å²) in [6.07, 6.45) is 6.58. The van der Waals surface area contributed by atoms with E-state index >= 15 is 0 Å². The van der Waals surface area contributed by atoms with Crippen molar-refractivity contribution in [2.75, 3.05) is 13.1 Å². The van der Waals surface area contributed by atoms with E-state index in [1.807, 2.05) is 77.3 Å². The SMILES string of the molecule is Cc1ccc(OC2CCN(C(=O)c3ccc(-n4cccc4)cc3)C2)nc1. The average Bonchev–Trinajstić information content (AvgIpc) is 3.35. The largest absolute Gasteiger partial charge is 0.472 e. The minimum atomic E-state index is -0.00620. The van der Waals surface area contributed by atoms with Crippen LogP contribution in [0.25, 0.3) is 5.69 Å². The number of amides is 1. The van der Waals surface area contributed by atoms with Gasteiger partial charge in [0.05, 0.1) is 6.54 Å². The van der Waals surface area contributed by atoms with Crippen LogP contribution in [0.15, 0.2) is 67.1 Å². The lowest BCUT2D eigenvalue weighted by Gasteiger charge is -2.17. The van der Waals surface area contributed by atoms with Gasteiger partial charge in [0.1, 0.15) is 6.10 Å². The van der Waals surface area contributed by atoms with Crippen LogP contribution in [-0.2, 0) is 0 Å². The number of hydrogen-bond acceptors (Lipinski definition) is 3. The van der Waals surface area contributed by atoms with Crippen molar-refractivity contribution in [3.8, 4) is 11.6 Å². The number of pyridine rings is 1. The number of rotatable bonds is 4. The number of aryl methyl sites for hydroxylation is 1. The maximum atomic E-state index is 12.7. The molecule has 0 aliphatic carbocycles. The molecule has 1 aliphatic rings. The molecule has 0 spiro atoms. The molecule has 26 heavy (non-hydrogen) atoms. The van der Waals surface area contributed by atoms with Crippen molar-refractivity contribution in [1.82, 2.24) is 14.5 Å². The summed E-state index contributed by atoms with van der Waals surface area (Å²) in [5.74, 6) is 0.665. The summed E-state index contributed by atoms with van der Waals surface area (Å²) in [6, 6.07) is 15.5. The van der Waals surface area contributed by atoms with E-state index in [2.05, 4.69) is 4.98 Å². The van der Waals surface area contributed by atoms with Crippen molar-refractivity contribution in [2.45, 2.75) is 19.4 Å². The Kier molecular flexibility index (Phi) is 4.44. The standard InChI is InChI=1S/C21H21N3O2/c1-16-4-9-20(22-14-16)26-19-10-13-24(15-19)21(25)17-5-7-18(8-6-17)23-11-2-3-12-23/h2-9,11-12,14,19H,10,13,15H2,1H3. The molecular formula is C21H21N3O2. The van der Waals surface area contributed by atoms with Crippen molar-refractivity contribution < 1.29 is 9.53 Å². The molecule has 3 aromatic rings. The number of carbonyl (C=O) groups excluding carboxylic acids is 1. The van der Waals surface area contributed by atoms with Crippen LogP contribution in [0.1, 0.15) is 22.3 Å². The Balaban J connectivity index is 1.38. The fourth-order valence-corrected chi connectivity index (χ4v) is 3.17. The first-order valence-corrected chi connectivity index (χ1v) is 8.81. The minimum absolute atomic E-state index is 0.00620. The fourth-order valence-electron chi connectivity index (χ4n) is 3.17. The number of nitrogens with zero attached hydrogens (tertiary/aromatic N) is 3. The number of ether oxygens (including phenoxy) is 1. The van der Waals surface area contributed by atoms with Crippen LogP contribution in [0.5, 0.6) is 5.88 Å². The zero-order valence-corrected chi connectivity index (χ0v) is 14.7. The molecule has 2 aromatic heterocycles. The highest BCUT2D eigenvalue weighted by Crippen LogP contribution is 2.19. The number of benzene rings is 1. The Labute approximate surface area is 152 Å². The Morgan fingerprint density at radius 2 is 1.88 bits per heavy atom. The van der Waals surface area contributed by atoms with Crippen molar-refractivity contribution in [3.05, 3.63) is 78.2 Å². The molecule has 1 fully saturated rings. The number of likely N-dealkylation sites (tertiary alicyclic amines) is 1. The first-order valence-electron chi connectivity index (χ1n) is 8.81. The molecule has 0 N–H and O–H groups in total. The lowest BCUT2D eigenvalue weighted by Crippen LogP contribution is -2.31. The molecule has 0 radical (unpaired) electrons. The van der Waals surface area contributed by atoms with Crippen LogP contribution in [-0.4, -0.2) is 39.6 Å². The van der Waals surface area contributed by atoms with E-state index in [1.54, 1.807) is 6.20 Å². The number of carbonyl (C=O) groups is 1. The molecule has 132 valence electrons. The van der Waals surface area contributed by atoms with Gasteiger partial charge in [-0.1, -0.05) is 6.07 Å². The molecule has 5 nitrogen and oxygen atoms in total. The van der Waals surface area contributed by atoms with Crippen molar-refractivity contribution >= 4 is 5.91 Å². The molecule has 1 unspecified atom stereocenters. The Morgan fingerprint density at radius 3 is 2.58 bits per heavy atom. The molecule has 3 heterocycles. The lowest BCUT2D eigenvalue weighted by molar-refractivity contribution is 0.0771. The molecule has 1 aliphatic heterocycles. The summed E-state index contributed by atoms with van der Waals surface area (Å²) in [7, 11) is 0. The van der Waals surface area contributed by atoms with Crippen molar-refractivity contribution in [1.29, 1.82) is 0 Å². The van der Waals surface area contributed by atoms with Gasteiger partial charge < -0.3 is 14.2 Å². The summed E-state index contributed by atoms with van der Waals surface area (Å²) >= 11 is 0. The predicted molar refractivity (Wildman–Crippen MR) is 99.7 cm³/mol. The quantitative estimate of drug-likeness (QED) is 0.726. The molecule has 1 saturated heterocycles. The van der Waals surface area contributed by atoms with Crippen LogP contribution >= 0.6 is 0 Å². The normalized spacial score (nSPS) is 16.7. The van der Waals surface area contributed by atoms with E-state index in [1.165, 1.54) is 0 Å². The number of aromatic nitrogens is 2. The first-order chi connectivity index (χ1) is 12.7. The summed E-state index contributed by atoms with van der Waals surface area (Å²) in [6.45, 7) is 3.29. The van der Waals surface area contributed by atoms with E-state index in [0.717, 1.165) is 17.7 Å². The van der Waals surface area contributed by atoms with Gasteiger partial charge in [0.25, 0.3) is 5.91 Å². The lowest BCUT2D eigenvalue weighted by atomic mass is 10.2. The Hall–Kier alpha value is -3.08. The first kappa shape index (κ1) is 16.4. The second kappa shape index (κ2) is 7.04. The van der Waals surface area contributed by atoms with Gasteiger partial charge in [-0.15, -0.1) is 0 Å². The van der Waals surface area contributed by atoms with Crippen LogP contribution in [0.4, 0.5) is 0 Å². The van der Waals surface area contributed by atoms with Crippen LogP contribution in [0.3, 0.4) is 0 Å². The van der Waals surface area contributed by atoms with Crippen LogP contribution in [0, 0.1) is 6.92 Å². The zero-order valence-electron chi connectivity index (χ0n) is 14.7. The molecule has 1 atom stereocenters. The van der Waals surface area contributed by atoms with Gasteiger partial charge in [-0.05, 0) is 48.9 Å². The molecule has 1 aromatic carbocycles. The van der Waals surface area contributed by atoms with Gasteiger partial charge in [-0.25, -0.2) is 4.98 Å². The number of hydrogen-bond donors (Lipinski definition) is 0. The third kappa shape index (κ3) is 3.47. The summed E-state index contributed by atoms with van der Waals surface area (Å²) in [5.41, 5.74) is 2.85. The van der Waals surface area contributed by atoms with Crippen LogP contribution in [0.2, 0.25) is 0 Å². The van der Waals surface area contributed by atoms with E-state index in [0.29, 0.717) is 24.5 Å². The van der Waals surface area contributed by atoms with Crippen molar-refractivity contribution in [2.24, 2.45) is 0 Å². The highest BCUT2D eigenvalue weighted by Gasteiger charge is 2.28. The third-order valence-corrected chi connectivity index (χ3v) is 4.62. The maximum absolute atomic E-state index is 12.7. The maximum Gasteiger partial charge on any atom is 0.253 e. The topological polar surface area (TPSA) is 47.4 Å². The van der Waals surface area contributed by atoms with Crippen LogP contribution < -0.4 is 4.74 Å². The molecule has 5 heteroatoms. The highest BCUT2D eigenvalue weighted by atomic mass is 16.5. The zero-order chi connectivity index (χ0) is 17.9. The second-order valence-electron chi connectivity index (χ2n) is 6.59. The van der Waals surface area contributed by atoms with Gasteiger partial charge in [-0.2, -0.15) is 0 Å². The second-order valence-corrected chi connectivity index (χ2v) is 6.59. The van der Waals surface area contributed by atoms with E-state index in [-0.39, 0.29) is 12.0 Å². The van der Waals surface area contributed by atoms with Crippen molar-refractivity contribution in [3.63, 3.8) is 0 Å². The highest BCUT2D eigenvalue weighted by molar-refractivity contribution is 5.94. The van der Waals surface area contributed by atoms with Gasteiger partial charge in [0.2, 0.25) is 5.88 Å². The van der Waals surface area contributed by atoms with Gasteiger partial charge in [0, 0.05) is 48.9 Å². The molecule has 0 bridgehead atoms. The van der Waals surface area contributed by atoms with Gasteiger partial charge in [-0.3, -0.25) is 4.79 Å². The average molecular weight is 347 g/mol. The fraction of sp³-hybridized carbons (Fsp3) is 0.238. The monoisotopic (exact) mass is 347 g/mol. The Bertz CT molecular complexity index is 871. The van der Waals surface area contributed by atoms with Gasteiger partial charge >= 0.3 is 0 Å². The molecular weight excluding hydrogens is 326 g/mol. The minimum Gasteiger partial charge on any atom is -0.472 e. The molecule has 4 rings (SSSR count). The van der Waals surface area contributed by atoms with E-state index in [4.69, 9.17) is 4.74 Å². The molecule has 0 saturated carbocycles. The summed E-state index contributed by atoms with van der Waals surface area (Å²) in [4.78, 5) is 18.9.